The molecule has 30 heavy (non-hydrogen) atoms. The summed E-state index contributed by atoms with van der Waals surface area (Å²) in [6.45, 7) is 12.3. The van der Waals surface area contributed by atoms with Gasteiger partial charge in [-0.1, -0.05) is 49.5 Å². The van der Waals surface area contributed by atoms with Gasteiger partial charge in [-0.15, -0.1) is 12.1 Å². The van der Waals surface area contributed by atoms with Gasteiger partial charge in [-0.05, 0) is 51.2 Å². The van der Waals surface area contributed by atoms with Gasteiger partial charge < -0.3 is 9.36 Å². The van der Waals surface area contributed by atoms with Crippen LogP contribution in [-0.2, 0) is 26.5 Å². The minimum Gasteiger partial charge on any atom is -0.343 e. The van der Waals surface area contributed by atoms with Crippen molar-refractivity contribution in [2.24, 2.45) is 0 Å². The van der Waals surface area contributed by atoms with Gasteiger partial charge in [-0.2, -0.15) is 0 Å². The molecule has 6 nitrogen and oxygen atoms in total. The second-order valence-corrected chi connectivity index (χ2v) is 8.05. The molecular weight excluding hydrogens is 555 g/mol. The summed E-state index contributed by atoms with van der Waals surface area (Å²) < 4.78 is 3.39. The molecule has 4 rings (SSSR count). The van der Waals surface area contributed by atoms with Crippen LogP contribution < -0.4 is 0 Å². The van der Waals surface area contributed by atoms with E-state index in [4.69, 9.17) is 9.97 Å². The van der Waals surface area contributed by atoms with Crippen LogP contribution in [0, 0.1) is 40.1 Å². The first-order valence-corrected chi connectivity index (χ1v) is 9.60. The Kier molecular flexibility index (Phi) is 6.09. The Morgan fingerprint density at radius 3 is 1.43 bits per heavy atom. The van der Waals surface area contributed by atoms with Crippen LogP contribution in [-0.4, -0.2) is 29.5 Å². The van der Waals surface area contributed by atoms with Crippen molar-refractivity contribution in [2.75, 3.05) is 0 Å². The monoisotopic (exact) mass is 579 g/mol. The van der Waals surface area contributed by atoms with Gasteiger partial charge in [0.2, 0.25) is 0 Å². The zero-order valence-corrected chi connectivity index (χ0v) is 20.2. The van der Waals surface area contributed by atoms with E-state index < -0.39 is 5.41 Å². The zero-order valence-electron chi connectivity index (χ0n) is 18.0. The molecule has 0 atom stereocenters. The fourth-order valence-electron chi connectivity index (χ4n) is 3.26. The van der Waals surface area contributed by atoms with Crippen molar-refractivity contribution in [2.45, 2.75) is 47.0 Å². The molecule has 0 saturated heterocycles. The van der Waals surface area contributed by atoms with Crippen LogP contribution in [0.3, 0.4) is 0 Å². The molecule has 0 aromatic carbocycles. The molecule has 0 aliphatic rings. The van der Waals surface area contributed by atoms with Gasteiger partial charge >= 0.3 is 21.1 Å². The molecule has 156 valence electrons. The van der Waals surface area contributed by atoms with Crippen LogP contribution in [0.2, 0.25) is 0 Å². The van der Waals surface area contributed by atoms with E-state index >= 15 is 0 Å². The van der Waals surface area contributed by atoms with Crippen LogP contribution in [0.15, 0.2) is 36.4 Å². The Balaban J connectivity index is 0.00000256. The minimum absolute atomic E-state index is 0. The van der Waals surface area contributed by atoms with Gasteiger partial charge in [0.25, 0.3) is 0 Å². The first-order valence-electron chi connectivity index (χ1n) is 9.60. The van der Waals surface area contributed by atoms with E-state index in [0.29, 0.717) is 0 Å². The maximum absolute atomic E-state index is 4.90. The molecule has 0 radical (unpaired) electrons. The fraction of sp³-hybridized carbons (Fsp3) is 0.304. The summed E-state index contributed by atoms with van der Waals surface area (Å²) in [5.41, 5.74) is 5.49. The summed E-state index contributed by atoms with van der Waals surface area (Å²) in [6.07, 6.45) is 6.24. The van der Waals surface area contributed by atoms with E-state index in [1.807, 2.05) is 38.1 Å². The zero-order chi connectivity index (χ0) is 20.8. The molecule has 4 heterocycles. The van der Waals surface area contributed by atoms with Crippen LogP contribution in [0.1, 0.15) is 47.8 Å². The van der Waals surface area contributed by atoms with Crippen molar-refractivity contribution in [1.82, 2.24) is 29.5 Å². The normalized spacial score (nSPS) is 11.4. The van der Waals surface area contributed by atoms with Crippen molar-refractivity contribution in [1.29, 1.82) is 0 Å². The molecule has 7 heteroatoms. The van der Waals surface area contributed by atoms with E-state index in [1.54, 1.807) is 9.36 Å². The quantitative estimate of drug-likeness (QED) is 0.343. The van der Waals surface area contributed by atoms with Crippen LogP contribution in [0.5, 0.6) is 0 Å². The molecule has 0 aliphatic heterocycles. The molecular formula is C23H24N6Pt. The molecule has 4 aromatic rings. The van der Waals surface area contributed by atoms with Gasteiger partial charge in [0.05, 0.1) is 11.6 Å². The second-order valence-electron chi connectivity index (χ2n) is 8.05. The topological polar surface area (TPSA) is 61.4 Å². The van der Waals surface area contributed by atoms with Crippen molar-refractivity contribution in [3.05, 3.63) is 82.7 Å². The largest absolute Gasteiger partial charge is 2.00 e. The van der Waals surface area contributed by atoms with Crippen molar-refractivity contribution >= 4 is 0 Å². The first-order chi connectivity index (χ1) is 13.7. The van der Waals surface area contributed by atoms with E-state index in [-0.39, 0.29) is 21.1 Å². The smallest absolute Gasteiger partial charge is 0.343 e. The third kappa shape index (κ3) is 4.29. The molecule has 0 bridgehead atoms. The third-order valence-corrected chi connectivity index (χ3v) is 4.93. The number of hydrogen-bond donors (Lipinski definition) is 0. The number of nitrogens with zero attached hydrogens (tertiary/aromatic N) is 6. The SMILES string of the molecule is Cc1cc(-n2[c-]cc(C)n2)nc(C(C)(C)c2cc(C)cc(-n3[c-]cc(C)n3)n2)c1.[Pt+2]. The third-order valence-electron chi connectivity index (χ3n) is 4.93. The molecule has 0 aliphatic carbocycles. The number of rotatable bonds is 4. The Morgan fingerprint density at radius 1 is 0.700 bits per heavy atom. The van der Waals surface area contributed by atoms with Crippen LogP contribution in [0.4, 0.5) is 0 Å². The van der Waals surface area contributed by atoms with Gasteiger partial charge in [0.15, 0.2) is 0 Å². The Bertz CT molecular complexity index is 1100. The first kappa shape index (κ1) is 22.1. The number of pyridine rings is 2. The van der Waals surface area contributed by atoms with E-state index in [1.165, 1.54) is 0 Å². The van der Waals surface area contributed by atoms with Crippen molar-refractivity contribution in [3.8, 4) is 11.6 Å². The molecule has 0 unspecified atom stereocenters. The summed E-state index contributed by atoms with van der Waals surface area (Å²) in [5.74, 6) is 1.51. The van der Waals surface area contributed by atoms with Gasteiger partial charge in [0, 0.05) is 16.8 Å². The summed E-state index contributed by atoms with van der Waals surface area (Å²) in [4.78, 5) is 9.80. The van der Waals surface area contributed by atoms with Crippen molar-refractivity contribution in [3.63, 3.8) is 0 Å². The van der Waals surface area contributed by atoms with Gasteiger partial charge in [-0.3, -0.25) is 20.2 Å². The maximum Gasteiger partial charge on any atom is 2.00 e. The van der Waals surface area contributed by atoms with Crippen LogP contribution in [0.25, 0.3) is 11.6 Å². The van der Waals surface area contributed by atoms with Gasteiger partial charge in [-0.25, -0.2) is 0 Å². The number of aryl methyl sites for hydroxylation is 4. The predicted molar refractivity (Wildman–Crippen MR) is 111 cm³/mol. The summed E-state index contributed by atoms with van der Waals surface area (Å²) >= 11 is 0. The molecule has 0 N–H and O–H groups in total. The Morgan fingerprint density at radius 2 is 1.10 bits per heavy atom. The minimum atomic E-state index is -0.411. The van der Waals surface area contributed by atoms with E-state index in [9.17, 15) is 0 Å². The average molecular weight is 580 g/mol. The van der Waals surface area contributed by atoms with E-state index in [2.05, 4.69) is 62.4 Å². The molecule has 4 aromatic heterocycles. The van der Waals surface area contributed by atoms with Crippen LogP contribution >= 0.6 is 0 Å². The Labute approximate surface area is 191 Å². The average Bonchev–Trinajstić information content (AvgIpc) is 3.29. The fourth-order valence-corrected chi connectivity index (χ4v) is 3.26. The summed E-state index contributed by atoms with van der Waals surface area (Å²) in [7, 11) is 0. The summed E-state index contributed by atoms with van der Waals surface area (Å²) in [6, 6.07) is 11.9. The molecule has 0 saturated carbocycles. The standard InChI is InChI=1S/C23H24N6.Pt/c1-15-11-19(24-21(13-15)28-9-7-17(3)26-28)23(5,6)20-12-16(2)14-22(25-20)29-10-8-18(4)27-29;/h7-8,11-14H,1-6H3;/q-2;+2. The van der Waals surface area contributed by atoms with E-state index in [0.717, 1.165) is 45.5 Å². The van der Waals surface area contributed by atoms with Gasteiger partial charge in [0.1, 0.15) is 0 Å². The number of aromatic nitrogens is 6. The molecule has 0 fully saturated rings. The number of hydrogen-bond acceptors (Lipinski definition) is 4. The Hall–Kier alpha value is -2.59. The molecule has 0 spiro atoms. The molecule has 0 amide bonds. The second kappa shape index (κ2) is 8.27. The summed E-state index contributed by atoms with van der Waals surface area (Å²) in [5, 5.41) is 8.91. The maximum atomic E-state index is 4.90. The van der Waals surface area contributed by atoms with Crippen molar-refractivity contribution < 1.29 is 21.1 Å². The predicted octanol–water partition coefficient (Wildman–Crippen LogP) is 4.01.